The van der Waals surface area contributed by atoms with Crippen LogP contribution < -0.4 is 0 Å². The van der Waals surface area contributed by atoms with Gasteiger partial charge in [-0.05, 0) is 35.2 Å². The van der Waals surface area contributed by atoms with Gasteiger partial charge in [0.2, 0.25) is 0 Å². The molecular formula is C17H11BrCl2O. The molecule has 0 saturated carbocycles. The summed E-state index contributed by atoms with van der Waals surface area (Å²) in [6.07, 6.45) is -0.808. The van der Waals surface area contributed by atoms with Crippen molar-refractivity contribution in [3.05, 3.63) is 80.2 Å². The molecule has 0 heterocycles. The van der Waals surface area contributed by atoms with Crippen molar-refractivity contribution in [2.45, 2.75) is 6.10 Å². The Morgan fingerprint density at radius 1 is 0.810 bits per heavy atom. The van der Waals surface area contributed by atoms with Gasteiger partial charge in [0.15, 0.2) is 0 Å². The van der Waals surface area contributed by atoms with Crippen molar-refractivity contribution >= 4 is 49.9 Å². The Labute approximate surface area is 141 Å². The Morgan fingerprint density at radius 2 is 1.48 bits per heavy atom. The molecule has 1 unspecified atom stereocenters. The number of fused-ring (bicyclic) bond motifs is 1. The van der Waals surface area contributed by atoms with Gasteiger partial charge < -0.3 is 5.11 Å². The fraction of sp³-hybridized carbons (Fsp3) is 0.0588. The first kappa shape index (κ1) is 14.9. The molecule has 0 bridgehead atoms. The van der Waals surface area contributed by atoms with Crippen LogP contribution in [0.15, 0.2) is 59.1 Å². The predicted molar refractivity (Wildman–Crippen MR) is 92.2 cm³/mol. The van der Waals surface area contributed by atoms with Gasteiger partial charge in [-0.15, -0.1) is 0 Å². The summed E-state index contributed by atoms with van der Waals surface area (Å²) in [6, 6.07) is 16.8. The summed E-state index contributed by atoms with van der Waals surface area (Å²) in [6.45, 7) is 0. The molecule has 106 valence electrons. The smallest absolute Gasteiger partial charge is 0.106 e. The summed E-state index contributed by atoms with van der Waals surface area (Å²) < 4.78 is 0.874. The number of benzene rings is 3. The summed E-state index contributed by atoms with van der Waals surface area (Å²) >= 11 is 15.8. The number of aliphatic hydroxyl groups excluding tert-OH is 1. The molecule has 4 heteroatoms. The van der Waals surface area contributed by atoms with E-state index in [0.717, 1.165) is 20.8 Å². The largest absolute Gasteiger partial charge is 0.384 e. The number of aliphatic hydroxyl groups is 1. The molecule has 0 radical (unpaired) electrons. The molecule has 0 aliphatic heterocycles. The summed E-state index contributed by atoms with van der Waals surface area (Å²) in [5.41, 5.74) is 1.45. The summed E-state index contributed by atoms with van der Waals surface area (Å²) in [5, 5.41) is 13.8. The van der Waals surface area contributed by atoms with Gasteiger partial charge in [0.25, 0.3) is 0 Å². The molecule has 3 aromatic carbocycles. The average molecular weight is 382 g/mol. The van der Waals surface area contributed by atoms with Crippen molar-refractivity contribution in [1.29, 1.82) is 0 Å². The van der Waals surface area contributed by atoms with Crippen LogP contribution in [0.4, 0.5) is 0 Å². The van der Waals surface area contributed by atoms with E-state index in [-0.39, 0.29) is 0 Å². The highest BCUT2D eigenvalue weighted by Gasteiger charge is 2.17. The molecule has 0 fully saturated rings. The number of halogens is 3. The first-order valence-electron chi connectivity index (χ1n) is 6.38. The Hall–Kier alpha value is -1.06. The maximum Gasteiger partial charge on any atom is 0.106 e. The van der Waals surface area contributed by atoms with E-state index in [1.807, 2.05) is 42.5 Å². The number of rotatable bonds is 2. The third kappa shape index (κ3) is 2.82. The standard InChI is InChI=1S/C17H11BrCl2O/c18-10-5-7-16(20)14(9-10)17(21)13-6-8-15(19)12-4-2-1-3-11(12)13/h1-9,17,21H. The van der Waals surface area contributed by atoms with E-state index in [2.05, 4.69) is 15.9 Å². The highest BCUT2D eigenvalue weighted by molar-refractivity contribution is 9.10. The number of hydrogen-bond donors (Lipinski definition) is 1. The monoisotopic (exact) mass is 380 g/mol. The second kappa shape index (κ2) is 5.98. The molecule has 3 rings (SSSR count). The van der Waals surface area contributed by atoms with Crippen LogP contribution >= 0.6 is 39.1 Å². The molecule has 0 amide bonds. The van der Waals surface area contributed by atoms with Crippen molar-refractivity contribution in [3.63, 3.8) is 0 Å². The Kier molecular flexibility index (Phi) is 4.23. The van der Waals surface area contributed by atoms with E-state index in [9.17, 15) is 5.11 Å². The molecule has 0 aliphatic rings. The van der Waals surface area contributed by atoms with Crippen LogP contribution in [0.5, 0.6) is 0 Å². The zero-order chi connectivity index (χ0) is 15.0. The lowest BCUT2D eigenvalue weighted by Crippen LogP contribution is -2.01. The van der Waals surface area contributed by atoms with E-state index < -0.39 is 6.10 Å². The van der Waals surface area contributed by atoms with Gasteiger partial charge in [-0.1, -0.05) is 69.5 Å². The fourth-order valence-electron chi connectivity index (χ4n) is 2.42. The highest BCUT2D eigenvalue weighted by atomic mass is 79.9. The van der Waals surface area contributed by atoms with Gasteiger partial charge in [0.1, 0.15) is 6.10 Å². The lowest BCUT2D eigenvalue weighted by molar-refractivity contribution is 0.222. The highest BCUT2D eigenvalue weighted by Crippen LogP contribution is 2.36. The molecule has 21 heavy (non-hydrogen) atoms. The molecular weight excluding hydrogens is 371 g/mol. The third-order valence-electron chi connectivity index (χ3n) is 3.45. The molecule has 1 N–H and O–H groups in total. The summed E-state index contributed by atoms with van der Waals surface area (Å²) in [5.74, 6) is 0. The van der Waals surface area contributed by atoms with E-state index in [1.165, 1.54) is 0 Å². The van der Waals surface area contributed by atoms with Gasteiger partial charge in [-0.3, -0.25) is 0 Å². The van der Waals surface area contributed by atoms with Gasteiger partial charge >= 0.3 is 0 Å². The van der Waals surface area contributed by atoms with E-state index in [4.69, 9.17) is 23.2 Å². The first-order chi connectivity index (χ1) is 10.1. The van der Waals surface area contributed by atoms with Crippen LogP contribution in [0.25, 0.3) is 10.8 Å². The minimum absolute atomic E-state index is 0.532. The minimum Gasteiger partial charge on any atom is -0.384 e. The van der Waals surface area contributed by atoms with Crippen LogP contribution in [0, 0.1) is 0 Å². The topological polar surface area (TPSA) is 20.2 Å². The SMILES string of the molecule is OC(c1cc(Br)ccc1Cl)c1ccc(Cl)c2ccccc12. The van der Waals surface area contributed by atoms with Crippen molar-refractivity contribution in [2.24, 2.45) is 0 Å². The molecule has 3 aromatic rings. The zero-order valence-electron chi connectivity index (χ0n) is 10.9. The Bertz CT molecular complexity index is 817. The minimum atomic E-state index is -0.808. The second-order valence-electron chi connectivity index (χ2n) is 4.75. The average Bonchev–Trinajstić information content (AvgIpc) is 2.50. The normalized spacial score (nSPS) is 12.6. The fourth-order valence-corrected chi connectivity index (χ4v) is 3.24. The zero-order valence-corrected chi connectivity index (χ0v) is 14.0. The van der Waals surface area contributed by atoms with Gasteiger partial charge in [0, 0.05) is 25.5 Å². The Morgan fingerprint density at radius 3 is 2.24 bits per heavy atom. The van der Waals surface area contributed by atoms with Crippen LogP contribution in [0.1, 0.15) is 17.2 Å². The molecule has 0 spiro atoms. The maximum atomic E-state index is 10.7. The quantitative estimate of drug-likeness (QED) is 0.577. The van der Waals surface area contributed by atoms with Crippen molar-refractivity contribution < 1.29 is 5.11 Å². The van der Waals surface area contributed by atoms with Gasteiger partial charge in [0.05, 0.1) is 0 Å². The molecule has 1 nitrogen and oxygen atoms in total. The summed E-state index contributed by atoms with van der Waals surface area (Å²) in [7, 11) is 0. The lowest BCUT2D eigenvalue weighted by Gasteiger charge is -2.16. The summed E-state index contributed by atoms with van der Waals surface area (Å²) in [4.78, 5) is 0. The van der Waals surface area contributed by atoms with Crippen LogP contribution in [-0.2, 0) is 0 Å². The molecule has 0 aliphatic carbocycles. The van der Waals surface area contributed by atoms with E-state index >= 15 is 0 Å². The van der Waals surface area contributed by atoms with Crippen molar-refractivity contribution in [1.82, 2.24) is 0 Å². The molecule has 1 atom stereocenters. The van der Waals surface area contributed by atoms with Crippen LogP contribution in [0.3, 0.4) is 0 Å². The molecule has 0 aromatic heterocycles. The van der Waals surface area contributed by atoms with E-state index in [1.54, 1.807) is 12.1 Å². The Balaban J connectivity index is 2.20. The lowest BCUT2D eigenvalue weighted by atomic mass is 9.96. The maximum absolute atomic E-state index is 10.7. The third-order valence-corrected chi connectivity index (χ3v) is 4.62. The van der Waals surface area contributed by atoms with Gasteiger partial charge in [-0.2, -0.15) is 0 Å². The van der Waals surface area contributed by atoms with E-state index in [0.29, 0.717) is 15.6 Å². The predicted octanol–water partition coefficient (Wildman–Crippen LogP) is 5.99. The van der Waals surface area contributed by atoms with Crippen molar-refractivity contribution in [3.8, 4) is 0 Å². The molecule has 0 saturated heterocycles. The first-order valence-corrected chi connectivity index (χ1v) is 7.93. The van der Waals surface area contributed by atoms with Crippen molar-refractivity contribution in [2.75, 3.05) is 0 Å². The second-order valence-corrected chi connectivity index (χ2v) is 6.48. The number of hydrogen-bond acceptors (Lipinski definition) is 1. The van der Waals surface area contributed by atoms with Crippen LogP contribution in [0.2, 0.25) is 10.0 Å². The van der Waals surface area contributed by atoms with Gasteiger partial charge in [-0.25, -0.2) is 0 Å². The van der Waals surface area contributed by atoms with Crippen LogP contribution in [-0.4, -0.2) is 5.11 Å².